The predicted octanol–water partition coefficient (Wildman–Crippen LogP) is 3.70. The van der Waals surface area contributed by atoms with E-state index in [0.29, 0.717) is 22.7 Å². The molecule has 108 valence electrons. The van der Waals surface area contributed by atoms with Gasteiger partial charge in [-0.15, -0.1) is 11.3 Å². The number of aliphatic hydroxyl groups excluding tert-OH is 1. The molecule has 1 heterocycles. The molecule has 1 aromatic carbocycles. The molecule has 1 aromatic heterocycles. The van der Waals surface area contributed by atoms with Crippen molar-refractivity contribution >= 4 is 34.5 Å². The molecule has 1 amide bonds. The minimum absolute atomic E-state index is 0.0393. The highest BCUT2D eigenvalue weighted by Crippen LogP contribution is 2.24. The first-order chi connectivity index (χ1) is 10.1. The first-order valence-electron chi connectivity index (χ1n) is 6.36. The lowest BCUT2D eigenvalue weighted by Gasteiger charge is -2.06. The molecule has 0 radical (unpaired) electrons. The summed E-state index contributed by atoms with van der Waals surface area (Å²) in [4.78, 5) is 13.0. The summed E-state index contributed by atoms with van der Waals surface area (Å²) in [6, 6.07) is 7.20. The maximum Gasteiger partial charge on any atom is 0.256 e. The largest absolute Gasteiger partial charge is 0.395 e. The van der Waals surface area contributed by atoms with Crippen LogP contribution in [0, 0.1) is 18.8 Å². The van der Waals surface area contributed by atoms with E-state index in [1.54, 1.807) is 17.5 Å². The van der Waals surface area contributed by atoms with E-state index >= 15 is 0 Å². The van der Waals surface area contributed by atoms with Crippen LogP contribution in [0.2, 0.25) is 5.02 Å². The second kappa shape index (κ2) is 7.28. The molecule has 2 N–H and O–H groups in total. The fraction of sp³-hybridized carbons (Fsp3) is 0.188. The highest BCUT2D eigenvalue weighted by molar-refractivity contribution is 7.10. The minimum atomic E-state index is -0.214. The zero-order valence-electron chi connectivity index (χ0n) is 11.4. The summed E-state index contributed by atoms with van der Waals surface area (Å²) in [5.41, 5.74) is 2.17. The van der Waals surface area contributed by atoms with Crippen LogP contribution in [0.5, 0.6) is 0 Å². The van der Waals surface area contributed by atoms with Crippen molar-refractivity contribution in [1.29, 1.82) is 0 Å². The number of halogens is 1. The van der Waals surface area contributed by atoms with E-state index in [9.17, 15) is 4.79 Å². The highest BCUT2D eigenvalue weighted by atomic mass is 35.5. The molecule has 0 bridgehead atoms. The Labute approximate surface area is 132 Å². The molecular weight excluding hydrogens is 306 g/mol. The van der Waals surface area contributed by atoms with E-state index in [-0.39, 0.29) is 12.5 Å². The number of anilines is 1. The summed E-state index contributed by atoms with van der Waals surface area (Å²) in [5.74, 6) is 5.52. The lowest BCUT2D eigenvalue weighted by molar-refractivity contribution is 0.102. The highest BCUT2D eigenvalue weighted by Gasteiger charge is 2.10. The van der Waals surface area contributed by atoms with Crippen LogP contribution >= 0.6 is 22.9 Å². The maximum absolute atomic E-state index is 12.2. The molecule has 2 aromatic rings. The number of aryl methyl sites for hydroxylation is 1. The number of nitrogens with one attached hydrogen (secondary N) is 1. The lowest BCUT2D eigenvalue weighted by Crippen LogP contribution is -2.11. The minimum Gasteiger partial charge on any atom is -0.395 e. The van der Waals surface area contributed by atoms with Gasteiger partial charge in [0.15, 0.2) is 0 Å². The van der Waals surface area contributed by atoms with E-state index in [0.717, 1.165) is 10.4 Å². The van der Waals surface area contributed by atoms with Crippen molar-refractivity contribution in [2.24, 2.45) is 0 Å². The molecule has 21 heavy (non-hydrogen) atoms. The summed E-state index contributed by atoms with van der Waals surface area (Å²) in [6.07, 6.45) is 0.429. The number of aliphatic hydroxyl groups is 1. The van der Waals surface area contributed by atoms with Crippen molar-refractivity contribution in [3.05, 3.63) is 50.7 Å². The van der Waals surface area contributed by atoms with Crippen molar-refractivity contribution in [1.82, 2.24) is 0 Å². The number of benzene rings is 1. The van der Waals surface area contributed by atoms with Gasteiger partial charge in [0.05, 0.1) is 27.8 Å². The Hall–Kier alpha value is -1.80. The topological polar surface area (TPSA) is 49.3 Å². The van der Waals surface area contributed by atoms with Crippen molar-refractivity contribution < 1.29 is 9.90 Å². The van der Waals surface area contributed by atoms with E-state index < -0.39 is 0 Å². The van der Waals surface area contributed by atoms with Gasteiger partial charge in [-0.3, -0.25) is 4.79 Å². The van der Waals surface area contributed by atoms with Crippen LogP contribution in [0.4, 0.5) is 5.69 Å². The van der Waals surface area contributed by atoms with Gasteiger partial charge < -0.3 is 10.4 Å². The number of hydrogen-bond donors (Lipinski definition) is 2. The average molecular weight is 320 g/mol. The van der Waals surface area contributed by atoms with Crippen LogP contribution in [-0.2, 0) is 0 Å². The average Bonchev–Trinajstić information content (AvgIpc) is 2.92. The maximum atomic E-state index is 12.2. The molecule has 2 rings (SSSR count). The van der Waals surface area contributed by atoms with Gasteiger partial charge in [-0.1, -0.05) is 29.5 Å². The van der Waals surface area contributed by atoms with Gasteiger partial charge in [-0.25, -0.2) is 0 Å². The van der Waals surface area contributed by atoms with Crippen LogP contribution in [0.1, 0.15) is 27.2 Å². The zero-order chi connectivity index (χ0) is 15.2. The fourth-order valence-corrected chi connectivity index (χ4v) is 2.58. The first kappa shape index (κ1) is 15.6. The van der Waals surface area contributed by atoms with Gasteiger partial charge in [0.1, 0.15) is 0 Å². The van der Waals surface area contributed by atoms with Gasteiger partial charge in [0.2, 0.25) is 0 Å². The van der Waals surface area contributed by atoms with Crippen LogP contribution in [-0.4, -0.2) is 17.6 Å². The van der Waals surface area contributed by atoms with Crippen LogP contribution in [0.15, 0.2) is 29.6 Å². The lowest BCUT2D eigenvalue weighted by atomic mass is 10.2. The Balaban J connectivity index is 2.11. The zero-order valence-corrected chi connectivity index (χ0v) is 13.0. The number of carbonyl (C=O) groups excluding carboxylic acids is 1. The number of amides is 1. The van der Waals surface area contributed by atoms with E-state index in [2.05, 4.69) is 17.2 Å². The van der Waals surface area contributed by atoms with Crippen molar-refractivity contribution in [2.45, 2.75) is 13.3 Å². The fourth-order valence-electron chi connectivity index (χ4n) is 1.66. The van der Waals surface area contributed by atoms with Crippen LogP contribution < -0.4 is 5.32 Å². The molecule has 0 spiro atoms. The Morgan fingerprint density at radius 1 is 1.43 bits per heavy atom. The number of rotatable bonds is 3. The number of thiophene rings is 1. The summed E-state index contributed by atoms with van der Waals surface area (Å²) in [7, 11) is 0. The second-order valence-electron chi connectivity index (χ2n) is 4.41. The smallest absolute Gasteiger partial charge is 0.256 e. The number of hydrogen-bond acceptors (Lipinski definition) is 3. The third-order valence-electron chi connectivity index (χ3n) is 2.68. The predicted molar refractivity (Wildman–Crippen MR) is 87.0 cm³/mol. The van der Waals surface area contributed by atoms with E-state index in [1.165, 1.54) is 11.3 Å². The monoisotopic (exact) mass is 319 g/mol. The van der Waals surface area contributed by atoms with E-state index in [1.807, 2.05) is 19.1 Å². The Bertz CT molecular complexity index is 713. The van der Waals surface area contributed by atoms with Crippen molar-refractivity contribution in [3.8, 4) is 11.8 Å². The van der Waals surface area contributed by atoms with Crippen molar-refractivity contribution in [2.75, 3.05) is 11.9 Å². The quantitative estimate of drug-likeness (QED) is 0.848. The normalized spacial score (nSPS) is 9.86. The summed E-state index contributed by atoms with van der Waals surface area (Å²) in [6.45, 7) is 1.98. The standard InChI is InChI=1S/C16H14ClNO2S/c1-11-5-6-14(17)15(8-11)18-16(20)12-9-13(21-10-12)4-2-3-7-19/h5-6,8-10,19H,3,7H2,1H3,(H,18,20). The molecule has 0 atom stereocenters. The molecule has 0 saturated heterocycles. The molecule has 0 aliphatic carbocycles. The Morgan fingerprint density at radius 3 is 3.00 bits per heavy atom. The first-order valence-corrected chi connectivity index (χ1v) is 7.61. The third kappa shape index (κ3) is 4.33. The van der Waals surface area contributed by atoms with Gasteiger partial charge in [0.25, 0.3) is 5.91 Å². The number of carbonyl (C=O) groups is 1. The molecule has 0 aliphatic rings. The molecule has 0 fully saturated rings. The molecular formula is C16H14ClNO2S. The third-order valence-corrected chi connectivity index (χ3v) is 3.86. The van der Waals surface area contributed by atoms with Gasteiger partial charge in [0, 0.05) is 11.8 Å². The van der Waals surface area contributed by atoms with Crippen LogP contribution in [0.3, 0.4) is 0 Å². The Kier molecular flexibility index (Phi) is 5.40. The van der Waals surface area contributed by atoms with Gasteiger partial charge in [-0.2, -0.15) is 0 Å². The Morgan fingerprint density at radius 2 is 2.24 bits per heavy atom. The molecule has 5 heteroatoms. The van der Waals surface area contributed by atoms with Gasteiger partial charge >= 0.3 is 0 Å². The van der Waals surface area contributed by atoms with Crippen molar-refractivity contribution in [3.63, 3.8) is 0 Å². The molecule has 0 unspecified atom stereocenters. The second-order valence-corrected chi connectivity index (χ2v) is 5.73. The SMILES string of the molecule is Cc1ccc(Cl)c(NC(=O)c2csc(C#CCCO)c2)c1. The summed E-state index contributed by atoms with van der Waals surface area (Å²) >= 11 is 7.46. The molecule has 0 saturated carbocycles. The molecule has 0 aliphatic heterocycles. The summed E-state index contributed by atoms with van der Waals surface area (Å²) < 4.78 is 0. The van der Waals surface area contributed by atoms with Crippen LogP contribution in [0.25, 0.3) is 0 Å². The van der Waals surface area contributed by atoms with E-state index in [4.69, 9.17) is 16.7 Å². The molecule has 3 nitrogen and oxygen atoms in total. The summed E-state index contributed by atoms with van der Waals surface area (Å²) in [5, 5.41) is 13.7. The van der Waals surface area contributed by atoms with Gasteiger partial charge in [-0.05, 0) is 30.7 Å².